The van der Waals surface area contributed by atoms with Crippen LogP contribution in [0.1, 0.15) is 32.3 Å². The highest BCUT2D eigenvalue weighted by atomic mass is 16.5. The first-order valence-corrected chi connectivity index (χ1v) is 7.83. The number of ether oxygens (including phenoxy) is 1. The number of amides is 1. The van der Waals surface area contributed by atoms with Gasteiger partial charge in [-0.15, -0.1) is 0 Å². The molecule has 0 aromatic heterocycles. The first-order chi connectivity index (χ1) is 11.0. The van der Waals surface area contributed by atoms with Crippen LogP contribution in [0, 0.1) is 12.8 Å². The fraction of sp³-hybridized carbons (Fsp3) is 0.368. The Balaban J connectivity index is 1.88. The summed E-state index contributed by atoms with van der Waals surface area (Å²) in [4.78, 5) is 11.9. The summed E-state index contributed by atoms with van der Waals surface area (Å²) in [5, 5.41) is 4.25. The Labute approximate surface area is 137 Å². The molecule has 0 heterocycles. The molecule has 1 aromatic rings. The van der Waals surface area contributed by atoms with Crippen LogP contribution >= 0.6 is 0 Å². The molecule has 122 valence electrons. The van der Waals surface area contributed by atoms with Crippen molar-refractivity contribution in [2.24, 2.45) is 11.0 Å². The first-order valence-electron chi connectivity index (χ1n) is 7.83. The van der Waals surface area contributed by atoms with Crippen molar-refractivity contribution in [3.8, 4) is 5.75 Å². The normalized spacial score (nSPS) is 19.2. The van der Waals surface area contributed by atoms with Crippen LogP contribution in [0.25, 0.3) is 0 Å². The van der Waals surface area contributed by atoms with Gasteiger partial charge < -0.3 is 4.74 Å². The lowest BCUT2D eigenvalue weighted by Gasteiger charge is -2.22. The zero-order valence-electron chi connectivity index (χ0n) is 14.1. The molecule has 0 spiro atoms. The number of hydrazone groups is 1. The zero-order chi connectivity index (χ0) is 16.8. The van der Waals surface area contributed by atoms with Crippen LogP contribution in [0.15, 0.2) is 53.2 Å². The van der Waals surface area contributed by atoms with Crippen LogP contribution in [0.3, 0.4) is 0 Å². The van der Waals surface area contributed by atoms with Crippen LogP contribution in [0.4, 0.5) is 0 Å². The van der Waals surface area contributed by atoms with Gasteiger partial charge in [0.05, 0.1) is 5.71 Å². The van der Waals surface area contributed by atoms with Crippen molar-refractivity contribution in [1.29, 1.82) is 0 Å². The molecule has 0 unspecified atom stereocenters. The summed E-state index contributed by atoms with van der Waals surface area (Å²) in [5.74, 6) is 0.825. The molecule has 1 amide bonds. The van der Waals surface area contributed by atoms with Gasteiger partial charge in [-0.3, -0.25) is 4.79 Å². The number of rotatable bonds is 5. The average molecular weight is 312 g/mol. The summed E-state index contributed by atoms with van der Waals surface area (Å²) < 4.78 is 5.46. The fourth-order valence-corrected chi connectivity index (χ4v) is 2.44. The monoisotopic (exact) mass is 312 g/mol. The Hall–Kier alpha value is -2.36. The van der Waals surface area contributed by atoms with Crippen molar-refractivity contribution in [2.75, 3.05) is 6.61 Å². The van der Waals surface area contributed by atoms with Gasteiger partial charge in [-0.2, -0.15) is 5.10 Å². The van der Waals surface area contributed by atoms with E-state index in [9.17, 15) is 4.79 Å². The number of nitrogens with one attached hydrogen (secondary N) is 1. The number of nitrogens with zero attached hydrogens (tertiary/aromatic N) is 1. The van der Waals surface area contributed by atoms with Gasteiger partial charge in [0, 0.05) is 0 Å². The van der Waals surface area contributed by atoms with Crippen LogP contribution in [-0.4, -0.2) is 18.2 Å². The third-order valence-electron chi connectivity index (χ3n) is 3.98. The maximum Gasteiger partial charge on any atom is 0.277 e. The molecule has 4 nitrogen and oxygen atoms in total. The maximum absolute atomic E-state index is 11.9. The van der Waals surface area contributed by atoms with Gasteiger partial charge in [0.15, 0.2) is 6.61 Å². The standard InChI is InChI=1S/C19H24N2O2/c1-13(2)16-9-8-15(4)18(11-16)20-21-19(22)12-23-17-7-5-6-14(3)10-17/h5-8,10,16H,1,9,11-12H2,2-4H3,(H,21,22)/b20-18-/t16-/m1/s1. The van der Waals surface area contributed by atoms with Crippen molar-refractivity contribution in [2.45, 2.75) is 33.6 Å². The molecule has 0 aliphatic heterocycles. The van der Waals surface area contributed by atoms with E-state index in [0.717, 1.165) is 35.3 Å². The number of hydrogen-bond acceptors (Lipinski definition) is 3. The maximum atomic E-state index is 11.9. The third kappa shape index (κ3) is 5.09. The predicted octanol–water partition coefficient (Wildman–Crippen LogP) is 3.78. The minimum absolute atomic E-state index is 0.0487. The van der Waals surface area contributed by atoms with Crippen molar-refractivity contribution in [3.63, 3.8) is 0 Å². The molecule has 0 saturated heterocycles. The summed E-state index contributed by atoms with van der Waals surface area (Å²) in [6.45, 7) is 9.99. The number of aryl methyl sites for hydroxylation is 1. The molecule has 0 saturated carbocycles. The summed E-state index contributed by atoms with van der Waals surface area (Å²) in [7, 11) is 0. The van der Waals surface area contributed by atoms with Crippen LogP contribution in [0.5, 0.6) is 5.75 Å². The van der Waals surface area contributed by atoms with Crippen molar-refractivity contribution < 1.29 is 9.53 Å². The first kappa shape index (κ1) is 17.0. The van der Waals surface area contributed by atoms with E-state index in [-0.39, 0.29) is 12.5 Å². The van der Waals surface area contributed by atoms with Gasteiger partial charge in [-0.1, -0.05) is 30.4 Å². The number of benzene rings is 1. The van der Waals surface area contributed by atoms with Crippen LogP contribution in [-0.2, 0) is 4.79 Å². The summed E-state index contributed by atoms with van der Waals surface area (Å²) in [6, 6.07) is 7.61. The molecular formula is C19H24N2O2. The lowest BCUT2D eigenvalue weighted by molar-refractivity contribution is -0.123. The molecule has 1 aliphatic carbocycles. The van der Waals surface area contributed by atoms with Crippen LogP contribution in [0.2, 0.25) is 0 Å². The van der Waals surface area contributed by atoms with E-state index in [0.29, 0.717) is 11.7 Å². The van der Waals surface area contributed by atoms with Gasteiger partial charge >= 0.3 is 0 Å². The lowest BCUT2D eigenvalue weighted by atomic mass is 9.85. The van der Waals surface area contributed by atoms with E-state index < -0.39 is 0 Å². The highest BCUT2D eigenvalue weighted by Crippen LogP contribution is 2.26. The molecule has 1 aromatic carbocycles. The van der Waals surface area contributed by atoms with Gasteiger partial charge in [-0.25, -0.2) is 5.43 Å². The second kappa shape index (κ2) is 7.77. The topological polar surface area (TPSA) is 50.7 Å². The number of carbonyl (C=O) groups is 1. The second-order valence-corrected chi connectivity index (χ2v) is 6.07. The minimum atomic E-state index is -0.260. The predicted molar refractivity (Wildman–Crippen MR) is 93.5 cm³/mol. The van der Waals surface area contributed by atoms with E-state index in [1.54, 1.807) is 0 Å². The fourth-order valence-electron chi connectivity index (χ4n) is 2.44. The van der Waals surface area contributed by atoms with E-state index >= 15 is 0 Å². The SMILES string of the molecule is C=C(C)[C@@H]1CC=C(C)/C(=N\NC(=O)COc2cccc(C)c2)C1. The van der Waals surface area contributed by atoms with E-state index in [1.165, 1.54) is 0 Å². The average Bonchev–Trinajstić information content (AvgIpc) is 2.52. The van der Waals surface area contributed by atoms with E-state index in [4.69, 9.17) is 4.74 Å². The van der Waals surface area contributed by atoms with E-state index in [2.05, 4.69) is 23.2 Å². The second-order valence-electron chi connectivity index (χ2n) is 6.07. The van der Waals surface area contributed by atoms with Gasteiger partial charge in [0.2, 0.25) is 0 Å². The van der Waals surface area contributed by atoms with Crippen molar-refractivity contribution >= 4 is 11.6 Å². The summed E-state index contributed by atoms with van der Waals surface area (Å²) >= 11 is 0. The number of hydrogen-bond donors (Lipinski definition) is 1. The lowest BCUT2D eigenvalue weighted by Crippen LogP contribution is -2.27. The molecule has 2 rings (SSSR count). The Morgan fingerprint density at radius 1 is 1.43 bits per heavy atom. The van der Waals surface area contributed by atoms with Crippen molar-refractivity contribution in [3.05, 3.63) is 53.6 Å². The quantitative estimate of drug-likeness (QED) is 0.664. The molecule has 0 radical (unpaired) electrons. The Kier molecular flexibility index (Phi) is 5.74. The van der Waals surface area contributed by atoms with E-state index in [1.807, 2.05) is 45.0 Å². The highest BCUT2D eigenvalue weighted by molar-refractivity contribution is 6.01. The largest absolute Gasteiger partial charge is 0.484 e. The Bertz CT molecular complexity index is 659. The van der Waals surface area contributed by atoms with Gasteiger partial charge in [0.1, 0.15) is 5.75 Å². The van der Waals surface area contributed by atoms with Crippen LogP contribution < -0.4 is 10.2 Å². The molecule has 4 heteroatoms. The van der Waals surface area contributed by atoms with Crippen molar-refractivity contribution in [1.82, 2.24) is 5.43 Å². The molecule has 23 heavy (non-hydrogen) atoms. The molecule has 1 atom stereocenters. The summed E-state index contributed by atoms with van der Waals surface area (Å²) in [6.07, 6.45) is 3.96. The Morgan fingerprint density at radius 3 is 2.91 bits per heavy atom. The molecule has 1 aliphatic rings. The third-order valence-corrected chi connectivity index (χ3v) is 3.98. The molecule has 0 fully saturated rings. The molecular weight excluding hydrogens is 288 g/mol. The molecule has 1 N–H and O–H groups in total. The van der Waals surface area contributed by atoms with Gasteiger partial charge in [-0.05, 0) is 62.8 Å². The zero-order valence-corrected chi connectivity index (χ0v) is 14.1. The highest BCUT2D eigenvalue weighted by Gasteiger charge is 2.18. The minimum Gasteiger partial charge on any atom is -0.484 e. The molecule has 0 bridgehead atoms. The smallest absolute Gasteiger partial charge is 0.277 e. The number of allylic oxidation sites excluding steroid dienone is 3. The summed E-state index contributed by atoms with van der Waals surface area (Å²) in [5.41, 5.74) is 6.85. The Morgan fingerprint density at radius 2 is 2.22 bits per heavy atom. The number of carbonyl (C=O) groups excluding carboxylic acids is 1. The van der Waals surface area contributed by atoms with Gasteiger partial charge in [0.25, 0.3) is 5.91 Å².